The van der Waals surface area contributed by atoms with E-state index in [2.05, 4.69) is 16.4 Å². The van der Waals surface area contributed by atoms with Gasteiger partial charge in [0.1, 0.15) is 10.8 Å². The van der Waals surface area contributed by atoms with Gasteiger partial charge in [-0.05, 0) is 37.8 Å². The monoisotopic (exact) mass is 265 g/mol. The van der Waals surface area contributed by atoms with Crippen LogP contribution in [0.3, 0.4) is 0 Å². The molecule has 1 atom stereocenters. The Morgan fingerprint density at radius 3 is 3.06 bits per heavy atom. The fraction of sp³-hybridized carbons (Fsp3) is 0.538. The molecule has 1 heterocycles. The number of fused-ring (bicyclic) bond motifs is 1. The summed E-state index contributed by atoms with van der Waals surface area (Å²) in [7, 11) is 1.69. The molecule has 4 nitrogen and oxygen atoms in total. The summed E-state index contributed by atoms with van der Waals surface area (Å²) in [5.74, 6) is 0.784. The number of thiocarbonyl (C=S) groups is 1. The molecule has 1 unspecified atom stereocenters. The molecule has 0 radical (unpaired) electrons. The van der Waals surface area contributed by atoms with Gasteiger partial charge in [-0.15, -0.1) is 0 Å². The van der Waals surface area contributed by atoms with Gasteiger partial charge in [0.2, 0.25) is 0 Å². The molecule has 0 amide bonds. The number of ether oxygens (including phenoxy) is 1. The van der Waals surface area contributed by atoms with E-state index in [0.717, 1.165) is 30.6 Å². The third-order valence-corrected chi connectivity index (χ3v) is 3.50. The first-order valence-electron chi connectivity index (χ1n) is 6.21. The maximum absolute atomic E-state index is 5.77. The van der Waals surface area contributed by atoms with Crippen LogP contribution < -0.4 is 11.1 Å². The Morgan fingerprint density at radius 2 is 2.39 bits per heavy atom. The fourth-order valence-corrected chi connectivity index (χ4v) is 2.27. The highest BCUT2D eigenvalue weighted by atomic mass is 32.1. The molecule has 0 saturated carbocycles. The van der Waals surface area contributed by atoms with E-state index in [-0.39, 0.29) is 6.10 Å². The van der Waals surface area contributed by atoms with Crippen LogP contribution >= 0.6 is 12.2 Å². The average molecular weight is 265 g/mol. The minimum absolute atomic E-state index is 0.124. The molecular formula is C13H19N3OS. The normalized spacial score (nSPS) is 15.2. The zero-order valence-corrected chi connectivity index (χ0v) is 11.6. The summed E-state index contributed by atoms with van der Waals surface area (Å²) in [5.41, 5.74) is 9.06. The Bertz CT molecular complexity index is 462. The number of aryl methyl sites for hydroxylation is 2. The van der Waals surface area contributed by atoms with Crippen LogP contribution in [-0.4, -0.2) is 29.7 Å². The van der Waals surface area contributed by atoms with Crippen LogP contribution in [0.15, 0.2) is 6.07 Å². The van der Waals surface area contributed by atoms with Crippen molar-refractivity contribution in [3.05, 3.63) is 22.9 Å². The summed E-state index contributed by atoms with van der Waals surface area (Å²) in [5, 5.41) is 3.27. The topological polar surface area (TPSA) is 60.2 Å². The summed E-state index contributed by atoms with van der Waals surface area (Å²) in [6.45, 7) is 2.69. The van der Waals surface area contributed by atoms with Crippen molar-refractivity contribution in [2.45, 2.75) is 32.3 Å². The predicted octanol–water partition coefficient (Wildman–Crippen LogP) is 1.65. The molecule has 18 heavy (non-hydrogen) atoms. The van der Waals surface area contributed by atoms with E-state index < -0.39 is 0 Å². The summed E-state index contributed by atoms with van der Waals surface area (Å²) < 4.78 is 5.21. The van der Waals surface area contributed by atoms with E-state index >= 15 is 0 Å². The molecule has 5 heteroatoms. The van der Waals surface area contributed by atoms with E-state index in [1.807, 2.05) is 6.92 Å². The van der Waals surface area contributed by atoms with Crippen molar-refractivity contribution >= 4 is 23.0 Å². The highest BCUT2D eigenvalue weighted by Crippen LogP contribution is 2.25. The number of nitrogens with one attached hydrogen (secondary N) is 1. The van der Waals surface area contributed by atoms with Gasteiger partial charge in [0.15, 0.2) is 0 Å². The minimum atomic E-state index is 0.124. The Balaban J connectivity index is 2.24. The van der Waals surface area contributed by atoms with Crippen molar-refractivity contribution < 1.29 is 4.74 Å². The zero-order valence-electron chi connectivity index (χ0n) is 10.8. The second-order valence-corrected chi connectivity index (χ2v) is 5.08. The number of pyridine rings is 1. The van der Waals surface area contributed by atoms with Crippen molar-refractivity contribution in [1.29, 1.82) is 0 Å². The molecule has 0 fully saturated rings. The third kappa shape index (κ3) is 2.79. The molecule has 0 saturated heterocycles. The molecule has 1 aliphatic carbocycles. The summed E-state index contributed by atoms with van der Waals surface area (Å²) in [6.07, 6.45) is 3.41. The maximum Gasteiger partial charge on any atom is 0.136 e. The molecule has 0 spiro atoms. The molecule has 1 aromatic rings. The Hall–Kier alpha value is -1.20. The van der Waals surface area contributed by atoms with E-state index in [9.17, 15) is 0 Å². The molecule has 0 aromatic carbocycles. The van der Waals surface area contributed by atoms with E-state index in [1.165, 1.54) is 11.3 Å². The van der Waals surface area contributed by atoms with Gasteiger partial charge >= 0.3 is 0 Å². The second-order valence-electron chi connectivity index (χ2n) is 4.64. The third-order valence-electron chi connectivity index (χ3n) is 3.28. The number of nitrogens with zero attached hydrogens (tertiary/aromatic N) is 1. The van der Waals surface area contributed by atoms with Crippen LogP contribution in [0.5, 0.6) is 0 Å². The van der Waals surface area contributed by atoms with Crippen molar-refractivity contribution in [2.75, 3.05) is 19.0 Å². The Kier molecular flexibility index (Phi) is 4.14. The summed E-state index contributed by atoms with van der Waals surface area (Å²) in [6, 6.07) is 2.08. The minimum Gasteiger partial charge on any atom is -0.389 e. The lowest BCUT2D eigenvalue weighted by Crippen LogP contribution is -2.22. The summed E-state index contributed by atoms with van der Waals surface area (Å²) >= 11 is 5.10. The molecule has 0 bridgehead atoms. The second kappa shape index (κ2) is 5.63. The molecule has 98 valence electrons. The maximum atomic E-state index is 5.77. The predicted molar refractivity (Wildman–Crippen MR) is 77.1 cm³/mol. The fourth-order valence-electron chi connectivity index (χ4n) is 2.12. The standard InChI is InChI=1S/C13H19N3OS/c1-8(17-2)7-15-13-10(12(14)18)6-9-4-3-5-11(9)16-13/h6,8H,3-5,7H2,1-2H3,(H2,14,18)(H,15,16). The van der Waals surface area contributed by atoms with Crippen molar-refractivity contribution in [3.63, 3.8) is 0 Å². The van der Waals surface area contributed by atoms with Gasteiger partial charge in [-0.1, -0.05) is 12.2 Å². The van der Waals surface area contributed by atoms with Crippen molar-refractivity contribution in [1.82, 2.24) is 4.98 Å². The van der Waals surface area contributed by atoms with Crippen LogP contribution in [0.25, 0.3) is 0 Å². The molecular weight excluding hydrogens is 246 g/mol. The lowest BCUT2D eigenvalue weighted by atomic mass is 10.1. The van der Waals surface area contributed by atoms with Gasteiger partial charge < -0.3 is 15.8 Å². The van der Waals surface area contributed by atoms with Crippen LogP contribution in [0, 0.1) is 0 Å². The smallest absolute Gasteiger partial charge is 0.136 e. The average Bonchev–Trinajstić information content (AvgIpc) is 2.81. The molecule has 0 aliphatic heterocycles. The molecule has 3 N–H and O–H groups in total. The lowest BCUT2D eigenvalue weighted by Gasteiger charge is -2.15. The first-order valence-corrected chi connectivity index (χ1v) is 6.62. The van der Waals surface area contributed by atoms with E-state index in [0.29, 0.717) is 11.5 Å². The van der Waals surface area contributed by atoms with E-state index in [1.54, 1.807) is 7.11 Å². The summed E-state index contributed by atoms with van der Waals surface area (Å²) in [4.78, 5) is 5.04. The quantitative estimate of drug-likeness (QED) is 0.793. The van der Waals surface area contributed by atoms with Gasteiger partial charge in [0.05, 0.1) is 11.7 Å². The number of hydrogen-bond acceptors (Lipinski definition) is 4. The first kappa shape index (κ1) is 13.2. The SMILES string of the molecule is COC(C)CNc1nc2c(cc1C(N)=S)CCC2. The van der Waals surface area contributed by atoms with Gasteiger partial charge in [0, 0.05) is 19.3 Å². The number of rotatable bonds is 5. The number of aromatic nitrogens is 1. The lowest BCUT2D eigenvalue weighted by molar-refractivity contribution is 0.128. The van der Waals surface area contributed by atoms with E-state index in [4.69, 9.17) is 22.7 Å². The van der Waals surface area contributed by atoms with Gasteiger partial charge in [-0.2, -0.15) is 0 Å². The van der Waals surface area contributed by atoms with Gasteiger partial charge in [-0.3, -0.25) is 0 Å². The van der Waals surface area contributed by atoms with Crippen molar-refractivity contribution in [2.24, 2.45) is 5.73 Å². The number of anilines is 1. The molecule has 1 aromatic heterocycles. The number of nitrogens with two attached hydrogens (primary N) is 1. The van der Waals surface area contributed by atoms with Crippen LogP contribution in [0.1, 0.15) is 30.2 Å². The number of methoxy groups -OCH3 is 1. The van der Waals surface area contributed by atoms with Gasteiger partial charge in [-0.25, -0.2) is 4.98 Å². The highest BCUT2D eigenvalue weighted by molar-refractivity contribution is 7.80. The highest BCUT2D eigenvalue weighted by Gasteiger charge is 2.17. The van der Waals surface area contributed by atoms with Crippen molar-refractivity contribution in [3.8, 4) is 0 Å². The Labute approximate surface area is 113 Å². The molecule has 1 aliphatic rings. The largest absolute Gasteiger partial charge is 0.389 e. The van der Waals surface area contributed by atoms with Crippen LogP contribution in [0.2, 0.25) is 0 Å². The Morgan fingerprint density at radius 1 is 1.61 bits per heavy atom. The van der Waals surface area contributed by atoms with Crippen LogP contribution in [-0.2, 0) is 17.6 Å². The van der Waals surface area contributed by atoms with Crippen LogP contribution in [0.4, 0.5) is 5.82 Å². The van der Waals surface area contributed by atoms with Gasteiger partial charge in [0.25, 0.3) is 0 Å². The first-order chi connectivity index (χ1) is 8.61. The zero-order chi connectivity index (χ0) is 13.1. The molecule has 2 rings (SSSR count). The number of hydrogen-bond donors (Lipinski definition) is 2.